The Kier molecular flexibility index (Phi) is 4.18. The molecule has 3 aromatic rings. The molecular formula is C16H12ClN3O4. The van der Waals surface area contributed by atoms with Crippen molar-refractivity contribution in [1.82, 2.24) is 14.5 Å². The van der Waals surface area contributed by atoms with Gasteiger partial charge in [0.1, 0.15) is 22.9 Å². The predicted molar refractivity (Wildman–Crippen MR) is 86.4 cm³/mol. The van der Waals surface area contributed by atoms with Gasteiger partial charge in [-0.15, -0.1) is 0 Å². The molecule has 0 N–H and O–H groups in total. The number of carbonyl (C=O) groups excluding carboxylic acids is 2. The van der Waals surface area contributed by atoms with Crippen molar-refractivity contribution in [3.05, 3.63) is 53.2 Å². The number of hydrogen-bond donors (Lipinski definition) is 0. The monoisotopic (exact) mass is 345 g/mol. The number of rotatable bonds is 3. The molecule has 0 unspecified atom stereocenters. The molecule has 0 saturated heterocycles. The van der Waals surface area contributed by atoms with Crippen LogP contribution in [0.3, 0.4) is 0 Å². The Morgan fingerprint density at radius 2 is 2.00 bits per heavy atom. The molecule has 0 atom stereocenters. The van der Waals surface area contributed by atoms with Gasteiger partial charge >= 0.3 is 6.16 Å². The highest BCUT2D eigenvalue weighted by molar-refractivity contribution is 6.30. The largest absolute Gasteiger partial charge is 0.513 e. The van der Waals surface area contributed by atoms with Crippen LogP contribution in [0, 0.1) is 0 Å². The fraction of sp³-hybridized carbons (Fsp3) is 0.125. The summed E-state index contributed by atoms with van der Waals surface area (Å²) in [6.45, 7) is 0. The minimum absolute atomic E-state index is 0.197. The summed E-state index contributed by atoms with van der Waals surface area (Å²) in [5, 5.41) is 0.900. The van der Waals surface area contributed by atoms with E-state index in [9.17, 15) is 9.59 Å². The molecule has 0 spiro atoms. The molecule has 0 aliphatic rings. The average Bonchev–Trinajstić information content (AvgIpc) is 2.90. The van der Waals surface area contributed by atoms with E-state index < -0.39 is 6.16 Å². The van der Waals surface area contributed by atoms with E-state index in [4.69, 9.17) is 16.3 Å². The molecule has 3 rings (SSSR count). The third-order valence-electron chi connectivity index (χ3n) is 3.44. The maximum Gasteiger partial charge on any atom is 0.513 e. The van der Waals surface area contributed by atoms with Crippen molar-refractivity contribution in [3.8, 4) is 5.75 Å². The summed E-state index contributed by atoms with van der Waals surface area (Å²) in [4.78, 5) is 31.6. The molecule has 0 amide bonds. The van der Waals surface area contributed by atoms with Gasteiger partial charge in [-0.3, -0.25) is 4.79 Å². The Balaban J connectivity index is 2.04. The van der Waals surface area contributed by atoms with Crippen LogP contribution >= 0.6 is 11.6 Å². The van der Waals surface area contributed by atoms with E-state index in [2.05, 4.69) is 14.7 Å². The van der Waals surface area contributed by atoms with E-state index in [0.717, 1.165) is 5.52 Å². The Hall–Kier alpha value is -2.93. The van der Waals surface area contributed by atoms with Crippen LogP contribution in [0.5, 0.6) is 5.75 Å². The second-order valence-corrected chi connectivity index (χ2v) is 5.33. The molecule has 0 fully saturated rings. The van der Waals surface area contributed by atoms with Gasteiger partial charge in [-0.05, 0) is 12.1 Å². The van der Waals surface area contributed by atoms with Gasteiger partial charge in [0.25, 0.3) is 0 Å². The number of fused-ring (bicyclic) bond motifs is 1. The van der Waals surface area contributed by atoms with Crippen molar-refractivity contribution in [1.29, 1.82) is 0 Å². The molecule has 2 heterocycles. The van der Waals surface area contributed by atoms with Crippen molar-refractivity contribution in [2.24, 2.45) is 7.05 Å². The summed E-state index contributed by atoms with van der Waals surface area (Å²) in [6.07, 6.45) is 2.11. The summed E-state index contributed by atoms with van der Waals surface area (Å²) in [5.74, 6) is 0.0474. The summed E-state index contributed by atoms with van der Waals surface area (Å²) in [7, 11) is 3.01. The zero-order valence-electron chi connectivity index (χ0n) is 12.8. The van der Waals surface area contributed by atoms with E-state index in [1.165, 1.54) is 19.5 Å². The first-order valence-electron chi connectivity index (χ1n) is 6.86. The number of carbonyl (C=O) groups is 2. The quantitative estimate of drug-likeness (QED) is 0.314. The minimum Gasteiger partial charge on any atom is -0.437 e. The highest BCUT2D eigenvalue weighted by atomic mass is 35.5. The fourth-order valence-electron chi connectivity index (χ4n) is 2.34. The van der Waals surface area contributed by atoms with Crippen LogP contribution in [-0.2, 0) is 11.8 Å². The first-order valence-corrected chi connectivity index (χ1v) is 7.24. The number of nitrogens with zero attached hydrogens (tertiary/aromatic N) is 3. The number of ether oxygens (including phenoxy) is 2. The van der Waals surface area contributed by atoms with Gasteiger partial charge < -0.3 is 14.0 Å². The lowest BCUT2D eigenvalue weighted by Crippen LogP contribution is -2.07. The third-order valence-corrected chi connectivity index (χ3v) is 3.65. The first kappa shape index (κ1) is 15.9. The number of aryl methyl sites for hydroxylation is 1. The Morgan fingerprint density at radius 1 is 1.21 bits per heavy atom. The van der Waals surface area contributed by atoms with E-state index in [-0.39, 0.29) is 16.6 Å². The molecule has 0 bridgehead atoms. The van der Waals surface area contributed by atoms with Crippen LogP contribution in [0.1, 0.15) is 16.1 Å². The number of hydrogen-bond acceptors (Lipinski definition) is 6. The zero-order chi connectivity index (χ0) is 17.3. The van der Waals surface area contributed by atoms with E-state index in [1.54, 1.807) is 36.0 Å². The standard InChI is InChI=1S/C16H12ClN3O4/c1-20-7-11(15(21)12-6-14(17)19-8-18-12)10-4-3-9(5-13(10)20)24-16(22)23-2/h3-8H,1-2H3. The van der Waals surface area contributed by atoms with E-state index in [1.807, 2.05) is 0 Å². The molecule has 0 radical (unpaired) electrons. The highest BCUT2D eigenvalue weighted by Gasteiger charge is 2.18. The van der Waals surface area contributed by atoms with Crippen LogP contribution < -0.4 is 4.74 Å². The van der Waals surface area contributed by atoms with Gasteiger partial charge in [-0.2, -0.15) is 0 Å². The number of aromatic nitrogens is 3. The predicted octanol–water partition coefficient (Wildman–Crippen LogP) is 3.00. The summed E-state index contributed by atoms with van der Waals surface area (Å²) in [5.41, 5.74) is 1.39. The summed E-state index contributed by atoms with van der Waals surface area (Å²) in [6, 6.07) is 6.35. The molecule has 0 aliphatic heterocycles. The van der Waals surface area contributed by atoms with Gasteiger partial charge in [0, 0.05) is 36.3 Å². The zero-order valence-corrected chi connectivity index (χ0v) is 13.6. The lowest BCUT2D eigenvalue weighted by Gasteiger charge is -2.04. The molecule has 24 heavy (non-hydrogen) atoms. The summed E-state index contributed by atoms with van der Waals surface area (Å²) < 4.78 is 11.2. The number of benzene rings is 1. The van der Waals surface area contributed by atoms with E-state index in [0.29, 0.717) is 16.7 Å². The van der Waals surface area contributed by atoms with Crippen LogP contribution in [0.15, 0.2) is 36.8 Å². The van der Waals surface area contributed by atoms with Gasteiger partial charge in [-0.25, -0.2) is 14.8 Å². The molecule has 0 aliphatic carbocycles. The second-order valence-electron chi connectivity index (χ2n) is 4.94. The smallest absolute Gasteiger partial charge is 0.437 e. The molecule has 122 valence electrons. The SMILES string of the molecule is COC(=O)Oc1ccc2c(C(=O)c3cc(Cl)ncn3)cn(C)c2c1. The van der Waals surface area contributed by atoms with Crippen molar-refractivity contribution in [2.75, 3.05) is 7.11 Å². The average molecular weight is 346 g/mol. The van der Waals surface area contributed by atoms with Gasteiger partial charge in [0.2, 0.25) is 5.78 Å². The Labute approximate surface area is 141 Å². The van der Waals surface area contributed by atoms with Gasteiger partial charge in [0.15, 0.2) is 0 Å². The first-order chi connectivity index (χ1) is 11.5. The molecule has 0 saturated carbocycles. The number of halogens is 1. The molecular weight excluding hydrogens is 334 g/mol. The van der Waals surface area contributed by atoms with Crippen molar-refractivity contribution in [3.63, 3.8) is 0 Å². The lowest BCUT2D eigenvalue weighted by atomic mass is 10.1. The molecule has 8 heteroatoms. The van der Waals surface area contributed by atoms with Crippen LogP contribution in [0.25, 0.3) is 10.9 Å². The van der Waals surface area contributed by atoms with Crippen LogP contribution in [0.4, 0.5) is 4.79 Å². The topological polar surface area (TPSA) is 83.3 Å². The third kappa shape index (κ3) is 2.93. The van der Waals surface area contributed by atoms with Crippen molar-refractivity contribution >= 4 is 34.4 Å². The molecule has 2 aromatic heterocycles. The number of ketones is 1. The summed E-state index contributed by atoms with van der Waals surface area (Å²) >= 11 is 5.81. The fourth-order valence-corrected chi connectivity index (χ4v) is 2.49. The Bertz CT molecular complexity index is 952. The van der Waals surface area contributed by atoms with Crippen molar-refractivity contribution in [2.45, 2.75) is 0 Å². The molecule has 1 aromatic carbocycles. The van der Waals surface area contributed by atoms with Gasteiger partial charge in [-0.1, -0.05) is 11.6 Å². The lowest BCUT2D eigenvalue weighted by molar-refractivity contribution is 0.103. The van der Waals surface area contributed by atoms with Crippen molar-refractivity contribution < 1.29 is 19.1 Å². The van der Waals surface area contributed by atoms with E-state index >= 15 is 0 Å². The molecule has 7 nitrogen and oxygen atoms in total. The Morgan fingerprint density at radius 3 is 2.71 bits per heavy atom. The normalized spacial score (nSPS) is 10.6. The van der Waals surface area contributed by atoms with Crippen LogP contribution in [-0.4, -0.2) is 33.6 Å². The highest BCUT2D eigenvalue weighted by Crippen LogP contribution is 2.27. The maximum absolute atomic E-state index is 12.7. The number of methoxy groups -OCH3 is 1. The van der Waals surface area contributed by atoms with Gasteiger partial charge in [0.05, 0.1) is 12.6 Å². The maximum atomic E-state index is 12.7. The second kappa shape index (κ2) is 6.29. The van der Waals surface area contributed by atoms with Crippen LogP contribution in [0.2, 0.25) is 5.15 Å². The minimum atomic E-state index is -0.810.